The molecule has 0 aliphatic heterocycles. The Kier molecular flexibility index (Phi) is 3.85. The molecule has 0 unspecified atom stereocenters. The van der Waals surface area contributed by atoms with E-state index in [0.717, 1.165) is 11.2 Å². The van der Waals surface area contributed by atoms with Crippen LogP contribution < -0.4 is 10.9 Å². The maximum atomic E-state index is 12.0. The minimum atomic E-state index is -0.277. The maximum absolute atomic E-state index is 12.0. The van der Waals surface area contributed by atoms with Gasteiger partial charge >= 0.3 is 0 Å². The van der Waals surface area contributed by atoms with Crippen molar-refractivity contribution >= 4 is 23.2 Å². The van der Waals surface area contributed by atoms with Crippen molar-refractivity contribution in [3.63, 3.8) is 0 Å². The third-order valence-electron chi connectivity index (χ3n) is 2.98. The van der Waals surface area contributed by atoms with Gasteiger partial charge in [0.15, 0.2) is 0 Å². The van der Waals surface area contributed by atoms with Crippen molar-refractivity contribution in [2.24, 2.45) is 0 Å². The molecule has 0 aliphatic carbocycles. The molecule has 2 heterocycles. The zero-order valence-electron chi connectivity index (χ0n) is 11.1. The van der Waals surface area contributed by atoms with Gasteiger partial charge in [0.05, 0.1) is 0 Å². The molecule has 2 N–H and O–H groups in total. The molecule has 5 nitrogen and oxygen atoms in total. The lowest BCUT2D eigenvalue weighted by atomic mass is 10.2. The SMILES string of the molecule is O=C(NNCc1cccc(Cl)c1)c1cn2ccccc2n1. The first-order valence-corrected chi connectivity index (χ1v) is 6.81. The summed E-state index contributed by atoms with van der Waals surface area (Å²) >= 11 is 5.90. The average molecular weight is 301 g/mol. The average Bonchev–Trinajstić information content (AvgIpc) is 2.91. The molecule has 6 heteroatoms. The molecule has 0 aliphatic rings. The highest BCUT2D eigenvalue weighted by molar-refractivity contribution is 6.30. The van der Waals surface area contributed by atoms with Crippen LogP contribution >= 0.6 is 11.6 Å². The first-order chi connectivity index (χ1) is 10.2. The molecule has 0 saturated heterocycles. The van der Waals surface area contributed by atoms with Crippen LogP contribution in [-0.4, -0.2) is 15.3 Å². The Morgan fingerprint density at radius 1 is 1.24 bits per heavy atom. The van der Waals surface area contributed by atoms with E-state index in [1.54, 1.807) is 16.7 Å². The lowest BCUT2D eigenvalue weighted by Crippen LogP contribution is -2.37. The van der Waals surface area contributed by atoms with Crippen molar-refractivity contribution in [3.05, 3.63) is 71.1 Å². The lowest BCUT2D eigenvalue weighted by molar-refractivity contribution is 0.0928. The molecule has 1 aromatic carbocycles. The topological polar surface area (TPSA) is 58.4 Å². The lowest BCUT2D eigenvalue weighted by Gasteiger charge is -2.06. The number of hydrogen-bond acceptors (Lipinski definition) is 3. The quantitative estimate of drug-likeness (QED) is 0.728. The third-order valence-corrected chi connectivity index (χ3v) is 3.22. The standard InChI is InChI=1S/C15H13ClN4O/c16-12-5-3-4-11(8-12)9-17-19-15(21)13-10-20-7-2-1-6-14(20)18-13/h1-8,10,17H,9H2,(H,19,21). The van der Waals surface area contributed by atoms with Gasteiger partial charge in [0.25, 0.3) is 5.91 Å². The van der Waals surface area contributed by atoms with Gasteiger partial charge in [-0.25, -0.2) is 10.4 Å². The second kappa shape index (κ2) is 5.95. The molecule has 0 fully saturated rings. The fraction of sp³-hybridized carbons (Fsp3) is 0.0667. The van der Waals surface area contributed by atoms with Crippen molar-refractivity contribution < 1.29 is 4.79 Å². The fourth-order valence-electron chi connectivity index (χ4n) is 1.98. The highest BCUT2D eigenvalue weighted by Gasteiger charge is 2.09. The summed E-state index contributed by atoms with van der Waals surface area (Å²) in [5.41, 5.74) is 7.56. The van der Waals surface area contributed by atoms with Crippen molar-refractivity contribution in [2.45, 2.75) is 6.54 Å². The first kappa shape index (κ1) is 13.6. The summed E-state index contributed by atoms with van der Waals surface area (Å²) in [7, 11) is 0. The van der Waals surface area contributed by atoms with Crippen LogP contribution in [0.5, 0.6) is 0 Å². The fourth-order valence-corrected chi connectivity index (χ4v) is 2.19. The van der Waals surface area contributed by atoms with Crippen LogP contribution in [0.3, 0.4) is 0 Å². The molecule has 3 rings (SSSR count). The number of pyridine rings is 1. The molecule has 0 spiro atoms. The van der Waals surface area contributed by atoms with Crippen molar-refractivity contribution in [1.82, 2.24) is 20.2 Å². The number of aromatic nitrogens is 2. The Hall–Kier alpha value is -2.37. The van der Waals surface area contributed by atoms with Gasteiger partial charge in [-0.15, -0.1) is 0 Å². The van der Waals surface area contributed by atoms with Crippen LogP contribution in [0.15, 0.2) is 54.9 Å². The van der Waals surface area contributed by atoms with Gasteiger partial charge in [0.2, 0.25) is 0 Å². The Morgan fingerprint density at radius 2 is 2.14 bits per heavy atom. The Morgan fingerprint density at radius 3 is 2.95 bits per heavy atom. The third kappa shape index (κ3) is 3.21. The molecule has 21 heavy (non-hydrogen) atoms. The van der Waals surface area contributed by atoms with Crippen LogP contribution in [0.1, 0.15) is 16.1 Å². The number of hydrazine groups is 1. The number of imidazole rings is 1. The molecule has 106 valence electrons. The van der Waals surface area contributed by atoms with Gasteiger partial charge in [-0.05, 0) is 29.8 Å². The highest BCUT2D eigenvalue weighted by atomic mass is 35.5. The number of nitrogens with zero attached hydrogens (tertiary/aromatic N) is 2. The molecule has 0 saturated carbocycles. The second-order valence-corrected chi connectivity index (χ2v) is 4.97. The minimum Gasteiger partial charge on any atom is -0.306 e. The number of nitrogens with one attached hydrogen (secondary N) is 2. The summed E-state index contributed by atoms with van der Waals surface area (Å²) in [5.74, 6) is -0.277. The minimum absolute atomic E-state index is 0.277. The zero-order chi connectivity index (χ0) is 14.7. The van der Waals surface area contributed by atoms with Crippen molar-refractivity contribution in [3.8, 4) is 0 Å². The largest absolute Gasteiger partial charge is 0.306 e. The predicted octanol–water partition coefficient (Wildman–Crippen LogP) is 2.42. The summed E-state index contributed by atoms with van der Waals surface area (Å²) in [6.45, 7) is 0.486. The predicted molar refractivity (Wildman–Crippen MR) is 80.9 cm³/mol. The van der Waals surface area contributed by atoms with Crippen LogP contribution in [0.4, 0.5) is 0 Å². The van der Waals surface area contributed by atoms with Crippen molar-refractivity contribution in [1.29, 1.82) is 0 Å². The molecule has 2 aromatic heterocycles. The van der Waals surface area contributed by atoms with E-state index in [1.807, 2.05) is 42.6 Å². The molecule has 0 radical (unpaired) electrons. The number of carbonyl (C=O) groups excluding carboxylic acids is 1. The van der Waals surface area contributed by atoms with Gasteiger partial charge in [-0.3, -0.25) is 10.2 Å². The van der Waals surface area contributed by atoms with Crippen LogP contribution in [0.25, 0.3) is 5.65 Å². The number of benzene rings is 1. The van der Waals surface area contributed by atoms with E-state index < -0.39 is 0 Å². The van der Waals surface area contributed by atoms with Crippen LogP contribution in [0, 0.1) is 0 Å². The second-order valence-electron chi connectivity index (χ2n) is 4.53. The highest BCUT2D eigenvalue weighted by Crippen LogP contribution is 2.10. The monoisotopic (exact) mass is 300 g/mol. The van der Waals surface area contributed by atoms with Gasteiger partial charge in [-0.2, -0.15) is 0 Å². The smallest absolute Gasteiger partial charge is 0.285 e. The summed E-state index contributed by atoms with van der Waals surface area (Å²) in [6.07, 6.45) is 3.53. The first-order valence-electron chi connectivity index (χ1n) is 6.44. The van der Waals surface area contributed by atoms with E-state index in [1.165, 1.54) is 0 Å². The summed E-state index contributed by atoms with van der Waals surface area (Å²) in [6, 6.07) is 13.0. The molecule has 0 atom stereocenters. The molecule has 0 bridgehead atoms. The van der Waals surface area contributed by atoms with Crippen molar-refractivity contribution in [2.75, 3.05) is 0 Å². The summed E-state index contributed by atoms with van der Waals surface area (Å²) in [5, 5.41) is 0.668. The summed E-state index contributed by atoms with van der Waals surface area (Å²) < 4.78 is 1.80. The van der Waals surface area contributed by atoms with E-state index in [9.17, 15) is 4.79 Å². The van der Waals surface area contributed by atoms with Gasteiger partial charge in [-0.1, -0.05) is 29.8 Å². The molecule has 1 amide bonds. The van der Waals surface area contributed by atoms with Gasteiger partial charge < -0.3 is 4.40 Å². The van der Waals surface area contributed by atoms with E-state index in [-0.39, 0.29) is 5.91 Å². The van der Waals surface area contributed by atoms with Crippen LogP contribution in [0.2, 0.25) is 5.02 Å². The van der Waals surface area contributed by atoms with Crippen LogP contribution in [-0.2, 0) is 6.54 Å². The molecule has 3 aromatic rings. The number of amides is 1. The number of hydrogen-bond donors (Lipinski definition) is 2. The number of rotatable bonds is 4. The van der Waals surface area contributed by atoms with E-state index in [2.05, 4.69) is 15.8 Å². The Balaban J connectivity index is 1.61. The molecular formula is C15H13ClN4O. The van der Waals surface area contributed by atoms with Gasteiger partial charge in [0.1, 0.15) is 11.3 Å². The normalized spacial score (nSPS) is 10.7. The summed E-state index contributed by atoms with van der Waals surface area (Å²) in [4.78, 5) is 16.2. The maximum Gasteiger partial charge on any atom is 0.285 e. The Labute approximate surface area is 126 Å². The van der Waals surface area contributed by atoms with Gasteiger partial charge in [0, 0.05) is 24.0 Å². The van der Waals surface area contributed by atoms with E-state index in [4.69, 9.17) is 11.6 Å². The van der Waals surface area contributed by atoms with E-state index >= 15 is 0 Å². The van der Waals surface area contributed by atoms with E-state index in [0.29, 0.717) is 17.3 Å². The number of carbonyl (C=O) groups is 1. The zero-order valence-corrected chi connectivity index (χ0v) is 11.8. The number of halogens is 1. The molecular weight excluding hydrogens is 288 g/mol. The Bertz CT molecular complexity index is 751. The number of fused-ring (bicyclic) bond motifs is 1.